The van der Waals surface area contributed by atoms with E-state index in [-0.39, 0.29) is 24.6 Å². The van der Waals surface area contributed by atoms with Crippen LogP contribution in [0.1, 0.15) is 47.7 Å². The monoisotopic (exact) mass is 438 g/mol. The van der Waals surface area contributed by atoms with E-state index in [0.29, 0.717) is 34.1 Å². The van der Waals surface area contributed by atoms with Gasteiger partial charge < -0.3 is 23.7 Å². The fourth-order valence-corrected chi connectivity index (χ4v) is 3.83. The fraction of sp³-hybridized carbons (Fsp3) is 0.292. The van der Waals surface area contributed by atoms with Gasteiger partial charge in [0.25, 0.3) is 0 Å². The third kappa shape index (κ3) is 3.68. The summed E-state index contributed by atoms with van der Waals surface area (Å²) in [6.07, 6.45) is 0.0495. The van der Waals surface area contributed by atoms with E-state index < -0.39 is 17.9 Å². The van der Waals surface area contributed by atoms with E-state index in [4.69, 9.17) is 18.9 Å². The molecule has 8 heteroatoms. The van der Waals surface area contributed by atoms with Crippen LogP contribution in [0.15, 0.2) is 41.7 Å². The molecule has 2 aromatic rings. The van der Waals surface area contributed by atoms with Crippen LogP contribution in [-0.2, 0) is 14.3 Å². The van der Waals surface area contributed by atoms with Gasteiger partial charge in [-0.2, -0.15) is 0 Å². The van der Waals surface area contributed by atoms with Crippen molar-refractivity contribution in [2.75, 3.05) is 20.8 Å². The molecular formula is C24H22O8. The number of esters is 2. The molecule has 8 nitrogen and oxygen atoms in total. The first kappa shape index (κ1) is 21.4. The lowest BCUT2D eigenvalue weighted by Gasteiger charge is -2.27. The fourth-order valence-electron chi connectivity index (χ4n) is 3.83. The van der Waals surface area contributed by atoms with Crippen molar-refractivity contribution >= 4 is 17.7 Å². The van der Waals surface area contributed by atoms with Crippen molar-refractivity contribution in [1.82, 2.24) is 0 Å². The van der Waals surface area contributed by atoms with Crippen molar-refractivity contribution in [2.24, 2.45) is 0 Å². The van der Waals surface area contributed by atoms with Gasteiger partial charge in [-0.05, 0) is 49.2 Å². The predicted molar refractivity (Wildman–Crippen MR) is 112 cm³/mol. The van der Waals surface area contributed by atoms with Gasteiger partial charge in [0.15, 0.2) is 23.9 Å². The van der Waals surface area contributed by atoms with E-state index in [2.05, 4.69) is 4.74 Å². The van der Waals surface area contributed by atoms with Crippen LogP contribution in [0.2, 0.25) is 0 Å². The second-order valence-corrected chi connectivity index (χ2v) is 7.62. The van der Waals surface area contributed by atoms with Crippen LogP contribution in [0.5, 0.6) is 23.0 Å². The highest BCUT2D eigenvalue weighted by atomic mass is 16.6. The lowest BCUT2D eigenvalue weighted by Crippen LogP contribution is -2.21. The topological polar surface area (TPSA) is 97.4 Å². The molecule has 1 atom stereocenters. The molecule has 0 saturated carbocycles. The second-order valence-electron chi connectivity index (χ2n) is 7.62. The van der Waals surface area contributed by atoms with Crippen LogP contribution < -0.4 is 18.9 Å². The number of methoxy groups -OCH3 is 2. The smallest absolute Gasteiger partial charge is 0.343 e. The normalized spacial score (nSPS) is 16.5. The van der Waals surface area contributed by atoms with E-state index in [1.165, 1.54) is 14.2 Å². The molecule has 0 amide bonds. The van der Waals surface area contributed by atoms with Gasteiger partial charge in [0.1, 0.15) is 11.5 Å². The quantitative estimate of drug-likeness (QED) is 0.397. The molecule has 0 aromatic heterocycles. The number of carbonyl (C=O) groups excluding carboxylic acids is 3. The molecule has 0 bridgehead atoms. The number of carbonyl (C=O) groups is 3. The van der Waals surface area contributed by atoms with Crippen molar-refractivity contribution < 1.29 is 38.1 Å². The van der Waals surface area contributed by atoms with Crippen LogP contribution in [0.3, 0.4) is 0 Å². The number of ether oxygens (including phenoxy) is 5. The van der Waals surface area contributed by atoms with Crippen LogP contribution in [0.4, 0.5) is 0 Å². The molecule has 0 radical (unpaired) electrons. The molecule has 4 rings (SSSR count). The summed E-state index contributed by atoms with van der Waals surface area (Å²) in [4.78, 5) is 36.6. The average molecular weight is 438 g/mol. The van der Waals surface area contributed by atoms with Crippen molar-refractivity contribution in [3.8, 4) is 23.0 Å². The summed E-state index contributed by atoms with van der Waals surface area (Å²) in [5, 5.41) is 0. The third-order valence-corrected chi connectivity index (χ3v) is 5.37. The maximum absolute atomic E-state index is 12.8. The summed E-state index contributed by atoms with van der Waals surface area (Å²) in [6.45, 7) is 3.31. The highest BCUT2D eigenvalue weighted by molar-refractivity contribution is 6.13. The number of Topliss-reactive ketones (excluding diaryl/α,β-unsaturated/α-hetero) is 1. The summed E-state index contributed by atoms with van der Waals surface area (Å²) in [5.41, 5.74) is 2.53. The Kier molecular flexibility index (Phi) is 5.61. The van der Waals surface area contributed by atoms with Gasteiger partial charge in [0, 0.05) is 11.5 Å². The summed E-state index contributed by atoms with van der Waals surface area (Å²) in [5.74, 6) is 0.186. The minimum absolute atomic E-state index is 0.0495. The van der Waals surface area contributed by atoms with E-state index >= 15 is 0 Å². The van der Waals surface area contributed by atoms with Crippen LogP contribution >= 0.6 is 0 Å². The van der Waals surface area contributed by atoms with E-state index in [1.54, 1.807) is 44.2 Å². The highest BCUT2D eigenvalue weighted by Gasteiger charge is 2.39. The largest absolute Gasteiger partial charge is 0.493 e. The van der Waals surface area contributed by atoms with E-state index in [1.807, 2.05) is 0 Å². The highest BCUT2D eigenvalue weighted by Crippen LogP contribution is 2.49. The Morgan fingerprint density at radius 3 is 2.53 bits per heavy atom. The van der Waals surface area contributed by atoms with Gasteiger partial charge in [-0.3, -0.25) is 9.59 Å². The number of ketones is 1. The Balaban J connectivity index is 1.80. The second kappa shape index (κ2) is 8.37. The number of benzene rings is 2. The zero-order chi connectivity index (χ0) is 23.0. The Hall–Kier alpha value is -3.81. The number of allylic oxidation sites excluding steroid dienone is 2. The van der Waals surface area contributed by atoms with Crippen molar-refractivity contribution in [2.45, 2.75) is 26.2 Å². The third-order valence-electron chi connectivity index (χ3n) is 5.37. The summed E-state index contributed by atoms with van der Waals surface area (Å²) in [7, 11) is 2.76. The van der Waals surface area contributed by atoms with Gasteiger partial charge in [-0.15, -0.1) is 0 Å². The molecule has 166 valence electrons. The lowest BCUT2D eigenvalue weighted by molar-refractivity contribution is -0.143. The minimum atomic E-state index is -0.539. The van der Waals surface area contributed by atoms with Crippen molar-refractivity contribution in [3.05, 3.63) is 58.4 Å². The number of hydrogen-bond acceptors (Lipinski definition) is 8. The van der Waals surface area contributed by atoms with Gasteiger partial charge in [-0.1, -0.05) is 6.07 Å². The van der Waals surface area contributed by atoms with Gasteiger partial charge >= 0.3 is 11.9 Å². The maximum Gasteiger partial charge on any atom is 0.343 e. The summed E-state index contributed by atoms with van der Waals surface area (Å²) >= 11 is 0. The van der Waals surface area contributed by atoms with Crippen molar-refractivity contribution in [1.29, 1.82) is 0 Å². The van der Waals surface area contributed by atoms with Crippen molar-refractivity contribution in [3.63, 3.8) is 0 Å². The standard InChI is InChI=1S/C24H22O8/c1-12(2)23-22(27)14-6-8-17-21(24(14)32-23)15(10-19(25)31-17)13-5-7-16(28-3)18(9-13)30-11-20(26)29-4/h5-9,15H,10-11H2,1-4H3/t15-/m1/s1. The average Bonchev–Trinajstić information content (AvgIpc) is 3.13. The number of fused-ring (bicyclic) bond motifs is 3. The first-order chi connectivity index (χ1) is 15.3. The Bertz CT molecular complexity index is 1160. The molecule has 0 aliphatic carbocycles. The van der Waals surface area contributed by atoms with Crippen LogP contribution in [0, 0.1) is 0 Å². The van der Waals surface area contributed by atoms with Crippen LogP contribution in [0.25, 0.3) is 0 Å². The lowest BCUT2D eigenvalue weighted by atomic mass is 9.84. The molecule has 0 N–H and O–H groups in total. The van der Waals surface area contributed by atoms with Crippen LogP contribution in [-0.4, -0.2) is 38.5 Å². The van der Waals surface area contributed by atoms with E-state index in [0.717, 1.165) is 11.1 Å². The predicted octanol–water partition coefficient (Wildman–Crippen LogP) is 3.56. The minimum Gasteiger partial charge on any atom is -0.493 e. The molecule has 0 fully saturated rings. The molecule has 2 aliphatic heterocycles. The van der Waals surface area contributed by atoms with E-state index in [9.17, 15) is 14.4 Å². The van der Waals surface area contributed by atoms with Gasteiger partial charge in [0.05, 0.1) is 26.2 Å². The first-order valence-corrected chi connectivity index (χ1v) is 9.99. The Labute approximate surface area is 184 Å². The molecule has 0 unspecified atom stereocenters. The van der Waals surface area contributed by atoms with Gasteiger partial charge in [-0.25, -0.2) is 4.79 Å². The Morgan fingerprint density at radius 1 is 1.06 bits per heavy atom. The molecule has 2 aromatic carbocycles. The molecule has 0 saturated heterocycles. The Morgan fingerprint density at radius 2 is 1.84 bits per heavy atom. The SMILES string of the molecule is COC(=O)COc1cc([C@H]2CC(=O)Oc3ccc4c(c32)OC(=C(C)C)C4=O)ccc1OC. The zero-order valence-electron chi connectivity index (χ0n) is 18.1. The molecule has 0 spiro atoms. The first-order valence-electron chi connectivity index (χ1n) is 9.99. The maximum atomic E-state index is 12.8. The molecular weight excluding hydrogens is 416 g/mol. The molecule has 2 aliphatic rings. The zero-order valence-corrected chi connectivity index (χ0v) is 18.1. The molecule has 2 heterocycles. The molecule has 32 heavy (non-hydrogen) atoms. The number of hydrogen-bond donors (Lipinski definition) is 0. The van der Waals surface area contributed by atoms with Gasteiger partial charge in [0.2, 0.25) is 5.78 Å². The summed E-state index contributed by atoms with van der Waals surface area (Å²) in [6, 6.07) is 8.42. The number of rotatable bonds is 5. The summed E-state index contributed by atoms with van der Waals surface area (Å²) < 4.78 is 26.9.